The van der Waals surface area contributed by atoms with Crippen LogP contribution in [0, 0.1) is 0 Å². The number of aliphatic carboxylic acids is 1. The zero-order chi connectivity index (χ0) is 14.6. The van der Waals surface area contributed by atoms with Crippen LogP contribution in [0.15, 0.2) is 18.2 Å². The number of carboxylic acids is 1. The number of carbonyl (C=O) groups is 1. The molecule has 1 aromatic rings. The van der Waals surface area contributed by atoms with Gasteiger partial charge in [0.15, 0.2) is 0 Å². The van der Waals surface area contributed by atoms with Crippen molar-refractivity contribution < 1.29 is 14.6 Å². The number of rotatable bonds is 7. The molecule has 0 fully saturated rings. The summed E-state index contributed by atoms with van der Waals surface area (Å²) in [6.45, 7) is 2.16. The van der Waals surface area contributed by atoms with Crippen molar-refractivity contribution in [3.8, 4) is 5.75 Å². The molecule has 0 aliphatic heterocycles. The molecule has 1 unspecified atom stereocenters. The first kappa shape index (κ1) is 14.9. The second-order valence-electron chi connectivity index (χ2n) is 5.81. The van der Waals surface area contributed by atoms with Crippen LogP contribution in [-0.2, 0) is 17.6 Å². The summed E-state index contributed by atoms with van der Waals surface area (Å²) in [6, 6.07) is 6.31. The minimum Gasteiger partial charge on any atom is -0.494 e. The molecule has 2 rings (SSSR count). The van der Waals surface area contributed by atoms with E-state index in [2.05, 4.69) is 12.1 Å². The second-order valence-corrected chi connectivity index (χ2v) is 5.81. The molecule has 1 atom stereocenters. The Morgan fingerprint density at radius 2 is 2.10 bits per heavy atom. The van der Waals surface area contributed by atoms with Gasteiger partial charge in [0.2, 0.25) is 0 Å². The van der Waals surface area contributed by atoms with E-state index in [1.54, 1.807) is 6.92 Å². The first-order chi connectivity index (χ1) is 9.49. The van der Waals surface area contributed by atoms with Crippen LogP contribution in [0.4, 0.5) is 0 Å². The third-order valence-corrected chi connectivity index (χ3v) is 3.92. The predicted molar refractivity (Wildman–Crippen MR) is 78.0 cm³/mol. The van der Waals surface area contributed by atoms with E-state index in [4.69, 9.17) is 15.6 Å². The third kappa shape index (κ3) is 3.73. The minimum absolute atomic E-state index is 0.468. The molecule has 0 radical (unpaired) electrons. The van der Waals surface area contributed by atoms with Crippen LogP contribution in [0.1, 0.15) is 43.7 Å². The third-order valence-electron chi connectivity index (χ3n) is 3.92. The first-order valence-corrected chi connectivity index (χ1v) is 7.26. The topological polar surface area (TPSA) is 72.5 Å². The fourth-order valence-electron chi connectivity index (χ4n) is 2.53. The quantitative estimate of drug-likeness (QED) is 0.751. The Kier molecular flexibility index (Phi) is 4.65. The summed E-state index contributed by atoms with van der Waals surface area (Å²) in [6.07, 6.45) is 5.61. The van der Waals surface area contributed by atoms with Crippen LogP contribution in [0.3, 0.4) is 0 Å². The molecule has 20 heavy (non-hydrogen) atoms. The van der Waals surface area contributed by atoms with E-state index in [0.717, 1.165) is 25.0 Å². The zero-order valence-corrected chi connectivity index (χ0v) is 12.0. The van der Waals surface area contributed by atoms with Crippen molar-refractivity contribution in [3.63, 3.8) is 0 Å². The molecule has 0 saturated carbocycles. The second kappa shape index (κ2) is 6.27. The Hall–Kier alpha value is -1.55. The molecule has 0 spiro atoms. The molecule has 0 heterocycles. The smallest absolute Gasteiger partial charge is 0.323 e. The lowest BCUT2D eigenvalue weighted by Crippen LogP contribution is -2.44. The van der Waals surface area contributed by atoms with E-state index < -0.39 is 11.5 Å². The molecule has 0 saturated heterocycles. The summed E-state index contributed by atoms with van der Waals surface area (Å²) < 4.78 is 5.72. The number of ether oxygens (including phenoxy) is 1. The van der Waals surface area contributed by atoms with Gasteiger partial charge >= 0.3 is 5.97 Å². The number of hydrogen-bond acceptors (Lipinski definition) is 3. The van der Waals surface area contributed by atoms with Gasteiger partial charge in [-0.1, -0.05) is 6.07 Å². The van der Waals surface area contributed by atoms with E-state index in [-0.39, 0.29) is 0 Å². The van der Waals surface area contributed by atoms with Gasteiger partial charge < -0.3 is 15.6 Å². The van der Waals surface area contributed by atoms with Gasteiger partial charge in [-0.2, -0.15) is 0 Å². The van der Waals surface area contributed by atoms with Crippen LogP contribution < -0.4 is 10.5 Å². The molecule has 3 N–H and O–H groups in total. The van der Waals surface area contributed by atoms with Crippen LogP contribution in [0.5, 0.6) is 5.75 Å². The van der Waals surface area contributed by atoms with Crippen molar-refractivity contribution in [2.75, 3.05) is 6.61 Å². The lowest BCUT2D eigenvalue weighted by atomic mass is 9.97. The van der Waals surface area contributed by atoms with Crippen LogP contribution >= 0.6 is 0 Å². The van der Waals surface area contributed by atoms with Gasteiger partial charge in [-0.3, -0.25) is 4.79 Å². The Bertz CT molecular complexity index is 483. The summed E-state index contributed by atoms with van der Waals surface area (Å²) in [5.41, 5.74) is 7.39. The Morgan fingerprint density at radius 3 is 2.85 bits per heavy atom. The van der Waals surface area contributed by atoms with Gasteiger partial charge in [0.05, 0.1) is 6.61 Å². The fourth-order valence-corrected chi connectivity index (χ4v) is 2.53. The Morgan fingerprint density at radius 1 is 1.35 bits per heavy atom. The lowest BCUT2D eigenvalue weighted by molar-refractivity contribution is -0.142. The number of benzene rings is 1. The summed E-state index contributed by atoms with van der Waals surface area (Å²) in [5.74, 6) is -0.0311. The standard InChI is InChI=1S/C16H23NO3/c1-16(17,15(18)19)9-2-3-10-20-14-8-7-12-5-4-6-13(12)11-14/h7-8,11H,2-6,9-10,17H2,1H3,(H,18,19). The van der Waals surface area contributed by atoms with Crippen LogP contribution in [0.25, 0.3) is 0 Å². The van der Waals surface area contributed by atoms with E-state index in [1.165, 1.54) is 24.0 Å². The maximum atomic E-state index is 10.9. The summed E-state index contributed by atoms with van der Waals surface area (Å²) in [5, 5.41) is 8.91. The molecule has 1 aromatic carbocycles. The molecule has 1 aliphatic carbocycles. The molecule has 0 aromatic heterocycles. The lowest BCUT2D eigenvalue weighted by Gasteiger charge is -2.18. The number of hydrogen-bond donors (Lipinski definition) is 2. The van der Waals surface area contributed by atoms with E-state index in [1.807, 2.05) is 6.07 Å². The molecular formula is C16H23NO3. The summed E-state index contributed by atoms with van der Waals surface area (Å²) in [4.78, 5) is 10.9. The molecule has 0 bridgehead atoms. The predicted octanol–water partition coefficient (Wildman–Crippen LogP) is 2.53. The van der Waals surface area contributed by atoms with E-state index in [9.17, 15) is 4.79 Å². The number of nitrogens with two attached hydrogens (primary N) is 1. The number of aryl methyl sites for hydroxylation is 2. The van der Waals surface area contributed by atoms with Crippen LogP contribution in [-0.4, -0.2) is 23.2 Å². The number of carboxylic acid groups (broad SMARTS) is 1. The highest BCUT2D eigenvalue weighted by atomic mass is 16.5. The van der Waals surface area contributed by atoms with Crippen molar-refractivity contribution in [3.05, 3.63) is 29.3 Å². The van der Waals surface area contributed by atoms with Crippen molar-refractivity contribution in [2.45, 2.75) is 51.0 Å². The number of unbranched alkanes of at least 4 members (excludes halogenated alkanes) is 1. The van der Waals surface area contributed by atoms with Gasteiger partial charge in [0.1, 0.15) is 11.3 Å². The Labute approximate surface area is 119 Å². The van der Waals surface area contributed by atoms with Gasteiger partial charge in [0, 0.05) is 0 Å². The SMILES string of the molecule is CC(N)(CCCCOc1ccc2c(c1)CCC2)C(=O)O. The van der Waals surface area contributed by atoms with Crippen molar-refractivity contribution in [2.24, 2.45) is 5.73 Å². The molecule has 4 nitrogen and oxygen atoms in total. The maximum absolute atomic E-state index is 10.9. The molecule has 110 valence electrons. The van der Waals surface area contributed by atoms with Crippen molar-refractivity contribution in [1.82, 2.24) is 0 Å². The highest BCUT2D eigenvalue weighted by molar-refractivity contribution is 5.77. The highest BCUT2D eigenvalue weighted by Gasteiger charge is 2.26. The van der Waals surface area contributed by atoms with Crippen molar-refractivity contribution >= 4 is 5.97 Å². The maximum Gasteiger partial charge on any atom is 0.323 e. The van der Waals surface area contributed by atoms with Gasteiger partial charge in [-0.05, 0) is 68.7 Å². The largest absolute Gasteiger partial charge is 0.494 e. The number of fused-ring (bicyclic) bond motifs is 1. The normalized spacial score (nSPS) is 16.5. The molecular weight excluding hydrogens is 254 g/mol. The monoisotopic (exact) mass is 277 g/mol. The average molecular weight is 277 g/mol. The highest BCUT2D eigenvalue weighted by Crippen LogP contribution is 2.26. The summed E-state index contributed by atoms with van der Waals surface area (Å²) in [7, 11) is 0. The molecule has 0 amide bonds. The van der Waals surface area contributed by atoms with E-state index >= 15 is 0 Å². The van der Waals surface area contributed by atoms with Crippen molar-refractivity contribution in [1.29, 1.82) is 0 Å². The van der Waals surface area contributed by atoms with Gasteiger partial charge in [0.25, 0.3) is 0 Å². The zero-order valence-electron chi connectivity index (χ0n) is 12.0. The van der Waals surface area contributed by atoms with E-state index in [0.29, 0.717) is 13.0 Å². The Balaban J connectivity index is 1.70. The molecule has 4 heteroatoms. The van der Waals surface area contributed by atoms with Crippen LogP contribution in [0.2, 0.25) is 0 Å². The first-order valence-electron chi connectivity index (χ1n) is 7.26. The minimum atomic E-state index is -1.13. The van der Waals surface area contributed by atoms with Gasteiger partial charge in [-0.15, -0.1) is 0 Å². The molecule has 1 aliphatic rings. The average Bonchev–Trinajstić information content (AvgIpc) is 2.85. The van der Waals surface area contributed by atoms with Gasteiger partial charge in [-0.25, -0.2) is 0 Å². The fraction of sp³-hybridized carbons (Fsp3) is 0.562. The summed E-state index contributed by atoms with van der Waals surface area (Å²) >= 11 is 0.